The summed E-state index contributed by atoms with van der Waals surface area (Å²) >= 11 is 0. The Morgan fingerprint density at radius 2 is 1.67 bits per heavy atom. The molecule has 0 spiro atoms. The molecule has 0 fully saturated rings. The molecule has 1 aliphatic rings. The zero-order valence-corrected chi connectivity index (χ0v) is 16.9. The van der Waals surface area contributed by atoms with E-state index in [1.54, 1.807) is 0 Å². The zero-order chi connectivity index (χ0) is 18.1. The molecule has 2 heterocycles. The van der Waals surface area contributed by atoms with Crippen LogP contribution in [0, 0.1) is 6.92 Å². The van der Waals surface area contributed by atoms with Gasteiger partial charge in [0, 0.05) is 17.2 Å². The van der Waals surface area contributed by atoms with Crippen LogP contribution in [0.2, 0.25) is 0 Å². The molecule has 0 unspecified atom stereocenters. The van der Waals surface area contributed by atoms with Crippen LogP contribution in [-0.2, 0) is 22.8 Å². The van der Waals surface area contributed by atoms with E-state index < -0.39 is 0 Å². The molecule has 0 amide bonds. The Bertz CT molecular complexity index is 793. The summed E-state index contributed by atoms with van der Waals surface area (Å²) in [5.41, 5.74) is 7.38. The molecule has 0 N–H and O–H groups in total. The van der Waals surface area contributed by atoms with Crippen LogP contribution in [0.4, 0.5) is 0 Å². The maximum absolute atomic E-state index is 2.52. The molecule has 1 aromatic carbocycles. The summed E-state index contributed by atoms with van der Waals surface area (Å²) in [7, 11) is 0. The Kier molecular flexibility index (Phi) is 3.57. The van der Waals surface area contributed by atoms with Gasteiger partial charge in [0.25, 0.3) is 0 Å². The monoisotopic (exact) mass is 325 g/mol. The van der Waals surface area contributed by atoms with Gasteiger partial charge in [-0.25, -0.2) is 0 Å². The SMILES string of the molecule is Cc1cc2[n+](n1C(C)(C)C)-c1c(cccc1C(C)(C)C)CC2(C)C. The lowest BCUT2D eigenvalue weighted by atomic mass is 9.76. The van der Waals surface area contributed by atoms with E-state index in [0.717, 1.165) is 6.42 Å². The lowest BCUT2D eigenvalue weighted by molar-refractivity contribution is -0.706. The number of aromatic nitrogens is 2. The van der Waals surface area contributed by atoms with Gasteiger partial charge in [-0.3, -0.25) is 0 Å². The standard InChI is InChI=1S/C22H33N2/c1-15-13-18-22(8,9)14-16-11-10-12-17(20(2,3)4)19(16)23(18)24(15)21(5,6)7/h10-13H,14H2,1-9H3/q+1. The molecule has 2 aromatic rings. The van der Waals surface area contributed by atoms with Crippen molar-refractivity contribution in [1.82, 2.24) is 4.68 Å². The number of benzene rings is 1. The number of nitrogens with zero attached hydrogens (tertiary/aromatic N) is 2. The van der Waals surface area contributed by atoms with Crippen LogP contribution >= 0.6 is 0 Å². The number of hydrogen-bond acceptors (Lipinski definition) is 0. The second kappa shape index (κ2) is 4.97. The highest BCUT2D eigenvalue weighted by atomic mass is 15.4. The average Bonchev–Trinajstić information content (AvgIpc) is 2.74. The van der Waals surface area contributed by atoms with Crippen molar-refractivity contribution >= 4 is 0 Å². The quantitative estimate of drug-likeness (QED) is 0.605. The maximum Gasteiger partial charge on any atom is 0.243 e. The molecule has 1 aromatic heterocycles. The Balaban J connectivity index is 2.47. The molecule has 2 heteroatoms. The van der Waals surface area contributed by atoms with Gasteiger partial charge >= 0.3 is 0 Å². The van der Waals surface area contributed by atoms with Crippen LogP contribution < -0.4 is 4.68 Å². The van der Waals surface area contributed by atoms with Crippen LogP contribution in [0.1, 0.15) is 77.9 Å². The van der Waals surface area contributed by atoms with E-state index >= 15 is 0 Å². The number of aryl methyl sites for hydroxylation is 1. The zero-order valence-electron chi connectivity index (χ0n) is 16.9. The Labute approximate surface area is 147 Å². The molecule has 3 rings (SSSR count). The third kappa shape index (κ3) is 2.51. The summed E-state index contributed by atoms with van der Waals surface area (Å²) in [5.74, 6) is 0. The number of fused-ring (bicyclic) bond motifs is 3. The first kappa shape index (κ1) is 17.3. The van der Waals surface area contributed by atoms with E-state index in [1.807, 2.05) is 0 Å². The largest absolute Gasteiger partial charge is 0.243 e. The van der Waals surface area contributed by atoms with Crippen molar-refractivity contribution in [2.75, 3.05) is 0 Å². The number of hydrogen-bond donors (Lipinski definition) is 0. The normalized spacial score (nSPS) is 16.7. The van der Waals surface area contributed by atoms with Gasteiger partial charge in [0.05, 0.1) is 16.6 Å². The molecule has 24 heavy (non-hydrogen) atoms. The van der Waals surface area contributed by atoms with E-state index in [4.69, 9.17) is 0 Å². The van der Waals surface area contributed by atoms with E-state index in [-0.39, 0.29) is 16.4 Å². The van der Waals surface area contributed by atoms with Crippen molar-refractivity contribution in [2.45, 2.75) is 85.1 Å². The third-order valence-electron chi connectivity index (χ3n) is 5.21. The van der Waals surface area contributed by atoms with Crippen LogP contribution in [0.5, 0.6) is 0 Å². The predicted octanol–water partition coefficient (Wildman–Crippen LogP) is 4.96. The van der Waals surface area contributed by atoms with Gasteiger partial charge < -0.3 is 0 Å². The van der Waals surface area contributed by atoms with Gasteiger partial charge in [0.15, 0.2) is 0 Å². The lowest BCUT2D eigenvalue weighted by Crippen LogP contribution is -2.57. The fraction of sp³-hybridized carbons (Fsp3) is 0.591. The molecule has 1 aliphatic heterocycles. The second-order valence-corrected chi connectivity index (χ2v) is 10.1. The molecule has 0 bridgehead atoms. The van der Waals surface area contributed by atoms with Gasteiger partial charge in [-0.2, -0.15) is 0 Å². The van der Waals surface area contributed by atoms with Crippen molar-refractivity contribution in [1.29, 1.82) is 0 Å². The van der Waals surface area contributed by atoms with E-state index in [9.17, 15) is 0 Å². The summed E-state index contributed by atoms with van der Waals surface area (Å²) in [6.07, 6.45) is 1.10. The van der Waals surface area contributed by atoms with E-state index in [1.165, 1.54) is 28.2 Å². The average molecular weight is 326 g/mol. The Hall–Kier alpha value is -1.57. The van der Waals surface area contributed by atoms with Crippen molar-refractivity contribution in [3.05, 3.63) is 46.8 Å². The highest BCUT2D eigenvalue weighted by Crippen LogP contribution is 2.38. The summed E-state index contributed by atoms with van der Waals surface area (Å²) in [6.45, 7) is 20.8. The number of para-hydroxylation sites is 1. The molecule has 130 valence electrons. The highest BCUT2D eigenvalue weighted by molar-refractivity contribution is 5.48. The fourth-order valence-electron chi connectivity index (χ4n) is 4.27. The maximum atomic E-state index is 2.52. The molecule has 0 atom stereocenters. The van der Waals surface area contributed by atoms with Crippen molar-refractivity contribution < 1.29 is 4.68 Å². The molecule has 0 radical (unpaired) electrons. The number of rotatable bonds is 0. The minimum absolute atomic E-state index is 0.0397. The van der Waals surface area contributed by atoms with E-state index in [2.05, 4.69) is 95.9 Å². The fourth-order valence-corrected chi connectivity index (χ4v) is 4.27. The minimum atomic E-state index is 0.0397. The first-order valence-corrected chi connectivity index (χ1v) is 9.12. The summed E-state index contributed by atoms with van der Waals surface area (Å²) in [6, 6.07) is 9.26. The minimum Gasteiger partial charge on any atom is -0.147 e. The van der Waals surface area contributed by atoms with Gasteiger partial charge in [-0.1, -0.05) is 43.7 Å². The van der Waals surface area contributed by atoms with Crippen LogP contribution in [0.3, 0.4) is 0 Å². The molecule has 0 aliphatic carbocycles. The van der Waals surface area contributed by atoms with Crippen LogP contribution in [0.25, 0.3) is 5.69 Å². The van der Waals surface area contributed by atoms with Crippen LogP contribution in [-0.4, -0.2) is 4.68 Å². The van der Waals surface area contributed by atoms with Crippen molar-refractivity contribution in [3.63, 3.8) is 0 Å². The summed E-state index contributed by atoms with van der Waals surface area (Å²) in [5, 5.41) is 0. The Morgan fingerprint density at radius 3 is 2.21 bits per heavy atom. The molecular weight excluding hydrogens is 292 g/mol. The highest BCUT2D eigenvalue weighted by Gasteiger charge is 2.46. The molecule has 0 saturated carbocycles. The summed E-state index contributed by atoms with van der Waals surface area (Å²) in [4.78, 5) is 0. The van der Waals surface area contributed by atoms with Crippen molar-refractivity contribution in [2.24, 2.45) is 0 Å². The molecular formula is C22H33N2+. The van der Waals surface area contributed by atoms with Gasteiger partial charge in [-0.15, -0.1) is 4.68 Å². The summed E-state index contributed by atoms with van der Waals surface area (Å²) < 4.78 is 5.01. The third-order valence-corrected chi connectivity index (χ3v) is 5.21. The molecule has 2 nitrogen and oxygen atoms in total. The van der Waals surface area contributed by atoms with Gasteiger partial charge in [0.1, 0.15) is 0 Å². The second-order valence-electron chi connectivity index (χ2n) is 10.1. The predicted molar refractivity (Wildman–Crippen MR) is 101 cm³/mol. The first-order valence-electron chi connectivity index (χ1n) is 9.12. The van der Waals surface area contributed by atoms with Crippen molar-refractivity contribution in [3.8, 4) is 5.69 Å². The smallest absolute Gasteiger partial charge is 0.147 e. The lowest BCUT2D eigenvalue weighted by Gasteiger charge is -2.31. The van der Waals surface area contributed by atoms with Crippen LogP contribution in [0.15, 0.2) is 24.3 Å². The van der Waals surface area contributed by atoms with Gasteiger partial charge in [-0.05, 0) is 53.4 Å². The first-order chi connectivity index (χ1) is 10.8. The van der Waals surface area contributed by atoms with Gasteiger partial charge in [0.2, 0.25) is 11.4 Å². The Morgan fingerprint density at radius 1 is 1.04 bits per heavy atom. The molecule has 0 saturated heterocycles. The topological polar surface area (TPSA) is 8.81 Å². The van der Waals surface area contributed by atoms with E-state index in [0.29, 0.717) is 0 Å².